The molecule has 1 aromatic carbocycles. The van der Waals surface area contributed by atoms with Crippen molar-refractivity contribution < 1.29 is 13.9 Å². The summed E-state index contributed by atoms with van der Waals surface area (Å²) < 4.78 is 21.3. The van der Waals surface area contributed by atoms with E-state index in [1.807, 2.05) is 29.9 Å². The standard InChI is InChI=1S/C17H19FN2O2/c1-19-8-4-7-15(19)16-12-22-10-9-20(16)17(21)11-13-5-2-3-6-14(13)18/h2-8,16H,9-12H2,1H3. The number of hydrogen-bond acceptors (Lipinski definition) is 2. The fourth-order valence-electron chi connectivity index (χ4n) is 2.87. The van der Waals surface area contributed by atoms with Crippen LogP contribution in [-0.2, 0) is 23.0 Å². The lowest BCUT2D eigenvalue weighted by Gasteiger charge is -2.36. The normalized spacial score (nSPS) is 18.5. The van der Waals surface area contributed by atoms with Gasteiger partial charge in [-0.25, -0.2) is 4.39 Å². The molecule has 0 radical (unpaired) electrons. The number of nitrogens with zero attached hydrogens (tertiary/aromatic N) is 2. The predicted molar refractivity (Wildman–Crippen MR) is 80.8 cm³/mol. The van der Waals surface area contributed by atoms with Crippen molar-refractivity contribution in [2.75, 3.05) is 19.8 Å². The second-order valence-corrected chi connectivity index (χ2v) is 5.49. The highest BCUT2D eigenvalue weighted by atomic mass is 19.1. The summed E-state index contributed by atoms with van der Waals surface area (Å²) in [7, 11) is 1.95. The van der Waals surface area contributed by atoms with E-state index in [2.05, 4.69) is 0 Å². The SMILES string of the molecule is Cn1cccc1C1COCCN1C(=O)Cc1ccccc1F. The molecule has 3 rings (SSSR count). The van der Waals surface area contributed by atoms with E-state index in [4.69, 9.17) is 4.74 Å². The van der Waals surface area contributed by atoms with Gasteiger partial charge in [-0.15, -0.1) is 0 Å². The van der Waals surface area contributed by atoms with Crippen molar-refractivity contribution in [3.8, 4) is 0 Å². The molecule has 1 aliphatic rings. The molecule has 4 nitrogen and oxygen atoms in total. The van der Waals surface area contributed by atoms with Gasteiger partial charge in [0, 0.05) is 25.5 Å². The van der Waals surface area contributed by atoms with Crippen molar-refractivity contribution in [2.24, 2.45) is 7.05 Å². The Balaban J connectivity index is 1.80. The fraction of sp³-hybridized carbons (Fsp3) is 0.353. The van der Waals surface area contributed by atoms with Gasteiger partial charge < -0.3 is 14.2 Å². The van der Waals surface area contributed by atoms with Crippen LogP contribution in [0.5, 0.6) is 0 Å². The first-order valence-electron chi connectivity index (χ1n) is 7.38. The molecule has 0 saturated carbocycles. The first-order valence-corrected chi connectivity index (χ1v) is 7.38. The maximum Gasteiger partial charge on any atom is 0.227 e. The zero-order chi connectivity index (χ0) is 15.5. The predicted octanol–water partition coefficient (Wildman–Crippen LogP) is 2.31. The van der Waals surface area contributed by atoms with E-state index in [1.165, 1.54) is 6.07 Å². The van der Waals surface area contributed by atoms with Crippen LogP contribution in [0.1, 0.15) is 17.3 Å². The smallest absolute Gasteiger partial charge is 0.227 e. The Hall–Kier alpha value is -2.14. The summed E-state index contributed by atoms with van der Waals surface area (Å²) in [5.74, 6) is -0.404. The molecule has 1 saturated heterocycles. The molecule has 22 heavy (non-hydrogen) atoms. The summed E-state index contributed by atoms with van der Waals surface area (Å²) in [4.78, 5) is 14.4. The molecule has 0 aliphatic carbocycles. The Bertz CT molecular complexity index is 668. The Morgan fingerprint density at radius 3 is 2.86 bits per heavy atom. The fourth-order valence-corrected chi connectivity index (χ4v) is 2.87. The van der Waals surface area contributed by atoms with Crippen molar-refractivity contribution in [1.82, 2.24) is 9.47 Å². The highest BCUT2D eigenvalue weighted by Crippen LogP contribution is 2.25. The molecule has 1 aromatic heterocycles. The number of hydrogen-bond donors (Lipinski definition) is 0. The number of aryl methyl sites for hydroxylation is 1. The quantitative estimate of drug-likeness (QED) is 0.872. The van der Waals surface area contributed by atoms with Crippen LogP contribution in [0.15, 0.2) is 42.6 Å². The van der Waals surface area contributed by atoms with Crippen LogP contribution in [0, 0.1) is 5.82 Å². The van der Waals surface area contributed by atoms with Gasteiger partial charge in [0.05, 0.1) is 25.7 Å². The highest BCUT2D eigenvalue weighted by Gasteiger charge is 2.30. The molecule has 0 spiro atoms. The van der Waals surface area contributed by atoms with Gasteiger partial charge in [-0.2, -0.15) is 0 Å². The Kier molecular flexibility index (Phi) is 4.24. The van der Waals surface area contributed by atoms with Gasteiger partial charge in [-0.05, 0) is 23.8 Å². The number of aromatic nitrogens is 1. The number of amides is 1. The largest absolute Gasteiger partial charge is 0.377 e. The number of carbonyl (C=O) groups is 1. The summed E-state index contributed by atoms with van der Waals surface area (Å²) in [5, 5.41) is 0. The highest BCUT2D eigenvalue weighted by molar-refractivity contribution is 5.79. The van der Waals surface area contributed by atoms with E-state index in [9.17, 15) is 9.18 Å². The average Bonchev–Trinajstić information content (AvgIpc) is 2.95. The summed E-state index contributed by atoms with van der Waals surface area (Å²) >= 11 is 0. The van der Waals surface area contributed by atoms with Crippen LogP contribution in [0.3, 0.4) is 0 Å². The van der Waals surface area contributed by atoms with Crippen LogP contribution >= 0.6 is 0 Å². The molecule has 1 aliphatic heterocycles. The van der Waals surface area contributed by atoms with Crippen molar-refractivity contribution in [1.29, 1.82) is 0 Å². The molecule has 1 unspecified atom stereocenters. The minimum atomic E-state index is -0.334. The van der Waals surface area contributed by atoms with Crippen molar-refractivity contribution in [3.63, 3.8) is 0 Å². The molecule has 2 heterocycles. The van der Waals surface area contributed by atoms with Crippen molar-refractivity contribution >= 4 is 5.91 Å². The zero-order valence-electron chi connectivity index (χ0n) is 12.5. The Labute approximate surface area is 129 Å². The maximum absolute atomic E-state index is 13.8. The van der Waals surface area contributed by atoms with Gasteiger partial charge in [0.1, 0.15) is 5.82 Å². The lowest BCUT2D eigenvalue weighted by molar-refractivity contribution is -0.139. The third-order valence-corrected chi connectivity index (χ3v) is 4.07. The Morgan fingerprint density at radius 2 is 2.14 bits per heavy atom. The lowest BCUT2D eigenvalue weighted by Crippen LogP contribution is -2.44. The van der Waals surface area contributed by atoms with Crippen molar-refractivity contribution in [3.05, 3.63) is 59.7 Å². The Morgan fingerprint density at radius 1 is 1.32 bits per heavy atom. The molecule has 0 N–H and O–H groups in total. The second kappa shape index (κ2) is 6.32. The summed E-state index contributed by atoms with van der Waals surface area (Å²) in [6.07, 6.45) is 2.02. The summed E-state index contributed by atoms with van der Waals surface area (Å²) in [6, 6.07) is 10.2. The molecule has 0 bridgehead atoms. The molecule has 1 fully saturated rings. The van der Waals surface area contributed by atoms with Gasteiger partial charge in [-0.3, -0.25) is 4.79 Å². The number of morpholine rings is 1. The second-order valence-electron chi connectivity index (χ2n) is 5.49. The van der Waals surface area contributed by atoms with Gasteiger partial charge >= 0.3 is 0 Å². The lowest BCUT2D eigenvalue weighted by atomic mass is 10.1. The summed E-state index contributed by atoms with van der Waals surface area (Å²) in [6.45, 7) is 1.52. The van der Waals surface area contributed by atoms with E-state index >= 15 is 0 Å². The topological polar surface area (TPSA) is 34.5 Å². The summed E-state index contributed by atoms with van der Waals surface area (Å²) in [5.41, 5.74) is 1.46. The minimum absolute atomic E-state index is 0.0698. The van der Waals surface area contributed by atoms with Gasteiger partial charge in [-0.1, -0.05) is 18.2 Å². The number of halogens is 1. The van der Waals surface area contributed by atoms with Crippen LogP contribution in [-0.4, -0.2) is 35.1 Å². The molecule has 2 aromatic rings. The van der Waals surface area contributed by atoms with Gasteiger partial charge in [0.15, 0.2) is 0 Å². The van der Waals surface area contributed by atoms with E-state index in [0.29, 0.717) is 25.3 Å². The molecule has 116 valence electrons. The third-order valence-electron chi connectivity index (χ3n) is 4.07. The number of ether oxygens (including phenoxy) is 1. The van der Waals surface area contributed by atoms with E-state index in [1.54, 1.807) is 23.1 Å². The van der Waals surface area contributed by atoms with Crippen LogP contribution in [0.25, 0.3) is 0 Å². The van der Waals surface area contributed by atoms with E-state index in [-0.39, 0.29) is 24.2 Å². The third kappa shape index (κ3) is 2.90. The number of carbonyl (C=O) groups excluding carboxylic acids is 1. The molecular formula is C17H19FN2O2. The monoisotopic (exact) mass is 302 g/mol. The van der Waals surface area contributed by atoms with E-state index in [0.717, 1.165) is 5.69 Å². The van der Waals surface area contributed by atoms with Crippen LogP contribution in [0.4, 0.5) is 4.39 Å². The first-order chi connectivity index (χ1) is 10.7. The average molecular weight is 302 g/mol. The van der Waals surface area contributed by atoms with Crippen molar-refractivity contribution in [2.45, 2.75) is 12.5 Å². The maximum atomic E-state index is 13.8. The van der Waals surface area contributed by atoms with Gasteiger partial charge in [0.2, 0.25) is 5.91 Å². The van der Waals surface area contributed by atoms with Crippen LogP contribution in [0.2, 0.25) is 0 Å². The molecular weight excluding hydrogens is 283 g/mol. The molecule has 1 amide bonds. The number of rotatable bonds is 3. The van der Waals surface area contributed by atoms with Crippen LogP contribution < -0.4 is 0 Å². The molecule has 5 heteroatoms. The first kappa shape index (κ1) is 14.8. The van der Waals surface area contributed by atoms with Gasteiger partial charge in [0.25, 0.3) is 0 Å². The zero-order valence-corrected chi connectivity index (χ0v) is 12.5. The molecule has 1 atom stereocenters. The number of benzene rings is 1. The minimum Gasteiger partial charge on any atom is -0.377 e. The van der Waals surface area contributed by atoms with E-state index < -0.39 is 0 Å².